The van der Waals surface area contributed by atoms with E-state index in [1.165, 1.54) is 0 Å². The van der Waals surface area contributed by atoms with Crippen LogP contribution in [0.1, 0.15) is 10.4 Å². The molecule has 0 amide bonds. The fraction of sp³-hybridized carbons (Fsp3) is 0. The first-order valence-electron chi connectivity index (χ1n) is 5.60. The molecule has 3 heterocycles. The van der Waals surface area contributed by atoms with Gasteiger partial charge in [0.2, 0.25) is 0 Å². The molecule has 100 valence electrons. The van der Waals surface area contributed by atoms with Crippen LogP contribution >= 0.6 is 28.4 Å². The molecular formula is C12H8IN4O2P. The molecule has 0 aliphatic carbocycles. The molecule has 0 radical (unpaired) electrons. The molecule has 0 aromatic carbocycles. The van der Waals surface area contributed by atoms with Crippen LogP contribution in [0.5, 0.6) is 0 Å². The maximum absolute atomic E-state index is 11.4. The third kappa shape index (κ3) is 2.27. The molecule has 0 aliphatic heterocycles. The summed E-state index contributed by atoms with van der Waals surface area (Å²) in [6.07, 6.45) is 5.21. The molecule has 3 rings (SSSR count). The van der Waals surface area contributed by atoms with Gasteiger partial charge in [-0.2, -0.15) is 5.10 Å². The van der Waals surface area contributed by atoms with Crippen LogP contribution in [0.15, 0.2) is 36.8 Å². The van der Waals surface area contributed by atoms with Gasteiger partial charge in [0.1, 0.15) is 0 Å². The highest BCUT2D eigenvalue weighted by atomic mass is 127. The second-order valence-electron chi connectivity index (χ2n) is 3.97. The van der Waals surface area contributed by atoms with E-state index in [0.717, 1.165) is 5.56 Å². The number of aromatic carboxylic acids is 1. The van der Waals surface area contributed by atoms with Gasteiger partial charge in [-0.05, 0) is 40.2 Å². The molecule has 0 saturated carbocycles. The topological polar surface area (TPSA) is 80.9 Å². The highest BCUT2D eigenvalue weighted by Gasteiger charge is 2.16. The highest BCUT2D eigenvalue weighted by Crippen LogP contribution is 2.31. The van der Waals surface area contributed by atoms with Crippen molar-refractivity contribution in [3.63, 3.8) is 0 Å². The summed E-state index contributed by atoms with van der Waals surface area (Å²) in [4.78, 5) is 19.9. The summed E-state index contributed by atoms with van der Waals surface area (Å²) in [5.74, 6) is -0.982. The number of nitrogens with zero attached hydrogens (tertiary/aromatic N) is 4. The predicted octanol–water partition coefficient (Wildman–Crippen LogP) is 2.98. The third-order valence-electron chi connectivity index (χ3n) is 2.83. The van der Waals surface area contributed by atoms with Crippen LogP contribution < -0.4 is 0 Å². The average Bonchev–Trinajstić information content (AvgIpc) is 2.89. The Balaban J connectivity index is 2.31. The number of rotatable bonds is 3. The number of hydrogen-bond acceptors (Lipinski definition) is 4. The summed E-state index contributed by atoms with van der Waals surface area (Å²) >= 11 is 2.18. The Kier molecular flexibility index (Phi) is 3.62. The Labute approximate surface area is 128 Å². The van der Waals surface area contributed by atoms with Crippen molar-refractivity contribution < 1.29 is 9.90 Å². The molecule has 1 N–H and O–H groups in total. The lowest BCUT2D eigenvalue weighted by atomic mass is 10.1. The van der Waals surface area contributed by atoms with Crippen LogP contribution in [-0.2, 0) is 0 Å². The van der Waals surface area contributed by atoms with Gasteiger partial charge in [-0.15, -0.1) is 0 Å². The zero-order valence-corrected chi connectivity index (χ0v) is 13.1. The number of fused-ring (bicyclic) bond motifs is 1. The zero-order valence-electron chi connectivity index (χ0n) is 9.99. The van der Waals surface area contributed by atoms with Gasteiger partial charge in [0.25, 0.3) is 0 Å². The van der Waals surface area contributed by atoms with Crippen LogP contribution in [0.2, 0.25) is 0 Å². The zero-order chi connectivity index (χ0) is 14.1. The quantitative estimate of drug-likeness (QED) is 0.542. The molecule has 1 unspecified atom stereocenters. The van der Waals surface area contributed by atoms with Gasteiger partial charge >= 0.3 is 5.97 Å². The van der Waals surface area contributed by atoms with E-state index < -0.39 is 5.97 Å². The van der Waals surface area contributed by atoms with Crippen molar-refractivity contribution in [1.29, 1.82) is 0 Å². The van der Waals surface area contributed by atoms with E-state index in [2.05, 4.69) is 37.1 Å². The van der Waals surface area contributed by atoms with Crippen molar-refractivity contribution in [3.05, 3.63) is 42.4 Å². The smallest absolute Gasteiger partial charge is 0.336 e. The number of halogens is 1. The lowest BCUT2D eigenvalue weighted by molar-refractivity contribution is 0.0699. The van der Waals surface area contributed by atoms with E-state index in [0.29, 0.717) is 23.1 Å². The van der Waals surface area contributed by atoms with Crippen LogP contribution in [0.3, 0.4) is 0 Å². The third-order valence-corrected chi connectivity index (χ3v) is 4.69. The molecule has 0 aliphatic rings. The molecule has 0 fully saturated rings. The Hall–Kier alpha value is -1.60. The van der Waals surface area contributed by atoms with E-state index in [-0.39, 0.29) is 5.56 Å². The van der Waals surface area contributed by atoms with Crippen molar-refractivity contribution in [2.75, 3.05) is 0 Å². The lowest BCUT2D eigenvalue weighted by Crippen LogP contribution is -2.00. The number of carbonyl (C=O) groups is 1. The van der Waals surface area contributed by atoms with Gasteiger partial charge in [-0.25, -0.2) is 14.2 Å². The summed E-state index contributed by atoms with van der Waals surface area (Å²) in [5, 5.41) is 14.1. The Morgan fingerprint density at radius 3 is 2.75 bits per heavy atom. The summed E-state index contributed by atoms with van der Waals surface area (Å²) < 4.78 is 1.70. The summed E-state index contributed by atoms with van der Waals surface area (Å²) in [7, 11) is 0. The van der Waals surface area contributed by atoms with Crippen LogP contribution in [0, 0.1) is 0 Å². The minimum atomic E-state index is -0.982. The average molecular weight is 398 g/mol. The molecule has 0 saturated heterocycles. The number of pyridine rings is 2. The molecule has 6 nitrogen and oxygen atoms in total. The van der Waals surface area contributed by atoms with Crippen molar-refractivity contribution in [2.24, 2.45) is 0 Å². The number of hydrogen-bond donors (Lipinski definition) is 1. The molecule has 20 heavy (non-hydrogen) atoms. The fourth-order valence-corrected chi connectivity index (χ4v) is 3.32. The standard InChI is InChI=1S/C12H8IN4O2P/c13-20-17-11-9(6-15-17)8(12(18)19)5-10(16-11)7-1-3-14-4-2-7/h1-6,20H,(H,18,19). The van der Waals surface area contributed by atoms with Gasteiger partial charge in [-0.3, -0.25) is 4.98 Å². The minimum Gasteiger partial charge on any atom is -0.478 e. The van der Waals surface area contributed by atoms with E-state index in [9.17, 15) is 9.90 Å². The molecule has 3 aromatic rings. The first-order valence-corrected chi connectivity index (χ1v) is 9.66. The van der Waals surface area contributed by atoms with Gasteiger partial charge in [0.15, 0.2) is 5.65 Å². The first-order chi connectivity index (χ1) is 9.70. The predicted molar refractivity (Wildman–Crippen MR) is 85.5 cm³/mol. The molecule has 8 heteroatoms. The Bertz CT molecular complexity index is 791. The SMILES string of the molecule is O=C(O)c1cc(-c2ccncc2)nc2c1cnn2PI. The Morgan fingerprint density at radius 2 is 2.10 bits per heavy atom. The second kappa shape index (κ2) is 5.41. The Morgan fingerprint density at radius 1 is 1.35 bits per heavy atom. The van der Waals surface area contributed by atoms with Crippen LogP contribution in [-0.4, -0.2) is 30.6 Å². The van der Waals surface area contributed by atoms with E-state index in [1.54, 1.807) is 41.2 Å². The summed E-state index contributed by atoms with van der Waals surface area (Å²) in [6, 6.07) is 5.17. The monoisotopic (exact) mass is 398 g/mol. The number of carboxylic acid groups (broad SMARTS) is 1. The van der Waals surface area contributed by atoms with E-state index in [4.69, 9.17) is 0 Å². The largest absolute Gasteiger partial charge is 0.478 e. The minimum absolute atomic E-state index is 0.211. The molecule has 0 spiro atoms. The van der Waals surface area contributed by atoms with E-state index in [1.807, 2.05) is 0 Å². The number of carboxylic acids is 1. The van der Waals surface area contributed by atoms with Gasteiger partial charge in [-0.1, -0.05) is 0 Å². The molecule has 3 aromatic heterocycles. The van der Waals surface area contributed by atoms with Crippen molar-refractivity contribution >= 4 is 45.4 Å². The molecule has 0 bridgehead atoms. The van der Waals surface area contributed by atoms with Crippen LogP contribution in [0.25, 0.3) is 22.3 Å². The van der Waals surface area contributed by atoms with Gasteiger partial charge < -0.3 is 5.11 Å². The fourth-order valence-electron chi connectivity index (χ4n) is 1.91. The molecular weight excluding hydrogens is 390 g/mol. The normalized spacial score (nSPS) is 11.4. The lowest BCUT2D eigenvalue weighted by Gasteiger charge is -2.05. The summed E-state index contributed by atoms with van der Waals surface area (Å²) in [6.45, 7) is 0. The maximum atomic E-state index is 11.4. The van der Waals surface area contributed by atoms with Crippen LogP contribution in [0.4, 0.5) is 0 Å². The van der Waals surface area contributed by atoms with Crippen molar-refractivity contribution in [1.82, 2.24) is 19.5 Å². The van der Waals surface area contributed by atoms with Gasteiger partial charge in [0.05, 0.1) is 29.2 Å². The maximum Gasteiger partial charge on any atom is 0.336 e. The first kappa shape index (κ1) is 13.4. The van der Waals surface area contributed by atoms with Crippen molar-refractivity contribution in [2.45, 2.75) is 0 Å². The van der Waals surface area contributed by atoms with Crippen molar-refractivity contribution in [3.8, 4) is 11.3 Å². The second-order valence-corrected chi connectivity index (χ2v) is 6.01. The highest BCUT2D eigenvalue weighted by molar-refractivity contribution is 14.2. The molecule has 1 atom stereocenters. The van der Waals surface area contributed by atoms with Gasteiger partial charge in [0, 0.05) is 18.0 Å². The summed E-state index contributed by atoms with van der Waals surface area (Å²) in [5.41, 5.74) is 2.23. The number of aromatic nitrogens is 4. The van der Waals surface area contributed by atoms with E-state index >= 15 is 0 Å².